The highest BCUT2D eigenvalue weighted by atomic mass is 32.1. The number of thiazole rings is 1. The summed E-state index contributed by atoms with van der Waals surface area (Å²) in [7, 11) is 0. The molecule has 0 spiro atoms. The van der Waals surface area contributed by atoms with E-state index in [1.807, 2.05) is 30.3 Å². The van der Waals surface area contributed by atoms with Crippen LogP contribution in [0.3, 0.4) is 0 Å². The average molecular weight is 557 g/mol. The minimum Gasteiger partial charge on any atom is -0.769 e. The van der Waals surface area contributed by atoms with Crippen LogP contribution in [-0.4, -0.2) is 54.4 Å². The Balaban J connectivity index is 1.41. The van der Waals surface area contributed by atoms with Gasteiger partial charge < -0.3 is 31.3 Å². The zero-order chi connectivity index (χ0) is 27.6. The van der Waals surface area contributed by atoms with Crippen molar-refractivity contribution in [1.29, 1.82) is 0 Å². The number of benzene rings is 2. The number of ether oxygens (including phenoxy) is 2. The van der Waals surface area contributed by atoms with Crippen molar-refractivity contribution in [2.45, 2.75) is 12.3 Å². The number of aromatic nitrogens is 1. The summed E-state index contributed by atoms with van der Waals surface area (Å²) in [5.41, 5.74) is 7.69. The number of hydrogen-bond acceptors (Lipinski definition) is 8. The van der Waals surface area contributed by atoms with Crippen molar-refractivity contribution in [1.82, 2.24) is 4.98 Å². The van der Waals surface area contributed by atoms with E-state index in [4.69, 9.17) is 15.2 Å². The monoisotopic (exact) mass is 556 g/mol. The van der Waals surface area contributed by atoms with E-state index in [0.29, 0.717) is 53.6 Å². The number of nitrogens with two attached hydrogens (primary N) is 1. The van der Waals surface area contributed by atoms with Gasteiger partial charge in [-0.2, -0.15) is 18.2 Å². The van der Waals surface area contributed by atoms with E-state index >= 15 is 0 Å². The van der Waals surface area contributed by atoms with E-state index in [9.17, 15) is 23.4 Å². The van der Waals surface area contributed by atoms with Crippen molar-refractivity contribution < 1.29 is 27.4 Å². The number of halogens is 3. The predicted molar refractivity (Wildman–Crippen MR) is 141 cm³/mol. The maximum atomic E-state index is 13.3. The molecule has 5 rings (SSSR count). The quantitative estimate of drug-likeness (QED) is 0.312. The van der Waals surface area contributed by atoms with Gasteiger partial charge >= 0.3 is 6.18 Å². The molecule has 2 aliphatic heterocycles. The third-order valence-corrected chi connectivity index (χ3v) is 6.81. The minimum absolute atomic E-state index is 0.0634. The molecule has 14 heteroatoms. The fourth-order valence-electron chi connectivity index (χ4n) is 3.80. The molecular weight excluding hydrogens is 535 g/mol. The highest BCUT2D eigenvalue weighted by Crippen LogP contribution is 2.37. The second kappa shape index (κ2) is 10.8. The van der Waals surface area contributed by atoms with Gasteiger partial charge in [0.1, 0.15) is 10.7 Å². The number of carbonyl (C=O) groups excluding carboxylic acids is 1. The van der Waals surface area contributed by atoms with Crippen molar-refractivity contribution in [3.05, 3.63) is 81.8 Å². The molecule has 0 unspecified atom stereocenters. The van der Waals surface area contributed by atoms with Crippen LogP contribution in [0.15, 0.2) is 64.6 Å². The number of nitrogens with one attached hydrogen (secondary N) is 2. The van der Waals surface area contributed by atoms with Gasteiger partial charge in [0, 0.05) is 29.5 Å². The molecule has 1 saturated heterocycles. The third kappa shape index (κ3) is 5.91. The second-order valence-corrected chi connectivity index (χ2v) is 9.60. The molecular formula is C25H21F3N7O3S-. The first-order valence-electron chi connectivity index (χ1n) is 11.7. The van der Waals surface area contributed by atoms with Crippen LogP contribution in [0.2, 0.25) is 0 Å². The highest BCUT2D eigenvalue weighted by molar-refractivity contribution is 7.16. The summed E-state index contributed by atoms with van der Waals surface area (Å²) in [6.45, 7) is 1.25. The molecule has 0 radical (unpaired) electrons. The summed E-state index contributed by atoms with van der Waals surface area (Å²) in [5, 5.41) is 14.8. The van der Waals surface area contributed by atoms with Crippen LogP contribution < -0.4 is 16.4 Å². The number of aliphatic imine (C=N–C) groups is 2. The number of fused-ring (bicyclic) bond motifs is 1. The van der Waals surface area contributed by atoms with Crippen LogP contribution in [0, 0.1) is 5.92 Å². The normalized spacial score (nSPS) is 17.8. The van der Waals surface area contributed by atoms with Crippen molar-refractivity contribution in [2.24, 2.45) is 21.6 Å². The number of para-hydroxylation sites is 1. The Morgan fingerprint density at radius 3 is 2.62 bits per heavy atom. The standard InChI is InChI=1S/C25H21F3N7O3S/c26-25(27,28)23-34-18(22(39-23)31-10-13-11-37-12-13)19(29)38-24(30)35-20-21(36)32-16-9-5-4-8-15(16)17(33-20)14-6-2-1-3-7-14/h1-9,13,20,31H,10-12H2,(H2,30,35)(H,32,36)/q-1/t20-/m1/s1. The number of carbonyl (C=O) groups is 1. The predicted octanol–water partition coefficient (Wildman–Crippen LogP) is 3.68. The van der Waals surface area contributed by atoms with Gasteiger partial charge in [0.25, 0.3) is 11.9 Å². The number of anilines is 2. The highest BCUT2D eigenvalue weighted by Gasteiger charge is 2.36. The summed E-state index contributed by atoms with van der Waals surface area (Å²) in [5.74, 6) is -1.53. The van der Waals surface area contributed by atoms with Gasteiger partial charge in [0.05, 0.1) is 24.6 Å². The van der Waals surface area contributed by atoms with Crippen molar-refractivity contribution in [3.63, 3.8) is 0 Å². The van der Waals surface area contributed by atoms with Crippen molar-refractivity contribution >= 4 is 45.6 Å². The topological polar surface area (TPSA) is 146 Å². The van der Waals surface area contributed by atoms with Crippen molar-refractivity contribution in [3.8, 4) is 0 Å². The van der Waals surface area contributed by atoms with Crippen LogP contribution in [0.25, 0.3) is 5.41 Å². The van der Waals surface area contributed by atoms with E-state index in [1.54, 1.807) is 24.3 Å². The SMILES string of the molecule is [N-]=C(O/C(N)=N/[C@H]1N=C(c2ccccc2)c2ccccc2NC1=O)c1nc(C(F)(F)F)sc1NCC1COC1. The lowest BCUT2D eigenvalue weighted by Crippen LogP contribution is -2.33. The number of amides is 1. The minimum atomic E-state index is -4.74. The van der Waals surface area contributed by atoms with Gasteiger partial charge in [-0.15, -0.1) is 0 Å². The molecule has 0 saturated carbocycles. The second-order valence-electron chi connectivity index (χ2n) is 8.61. The molecule has 0 aliphatic carbocycles. The van der Waals surface area contributed by atoms with Crippen LogP contribution in [0.4, 0.5) is 23.9 Å². The largest absolute Gasteiger partial charge is 0.769 e. The van der Waals surface area contributed by atoms with Gasteiger partial charge in [-0.3, -0.25) is 4.79 Å². The van der Waals surface area contributed by atoms with E-state index in [1.165, 1.54) is 0 Å². The maximum absolute atomic E-state index is 13.3. The zero-order valence-corrected chi connectivity index (χ0v) is 20.9. The number of nitrogens with zero attached hydrogens (tertiary/aromatic N) is 4. The fraction of sp³-hybridized carbons (Fsp3) is 0.240. The summed E-state index contributed by atoms with van der Waals surface area (Å²) in [4.78, 5) is 24.9. The number of hydrogen-bond donors (Lipinski definition) is 3. The summed E-state index contributed by atoms with van der Waals surface area (Å²) >= 11 is 0.313. The molecule has 1 amide bonds. The molecule has 10 nitrogen and oxygen atoms in total. The van der Waals surface area contributed by atoms with Crippen molar-refractivity contribution in [2.75, 3.05) is 30.4 Å². The number of amidine groups is 1. The number of rotatable bonds is 6. The fourth-order valence-corrected chi connectivity index (χ4v) is 4.63. The van der Waals surface area contributed by atoms with Crippen LogP contribution in [0.1, 0.15) is 21.8 Å². The molecule has 2 aliphatic rings. The Labute approximate surface area is 224 Å². The molecule has 1 atom stereocenters. The molecule has 3 heterocycles. The van der Waals surface area contributed by atoms with E-state index in [2.05, 4.69) is 25.6 Å². The maximum Gasteiger partial charge on any atom is 0.443 e. The summed E-state index contributed by atoms with van der Waals surface area (Å²) in [6.07, 6.45) is -6.16. The van der Waals surface area contributed by atoms with Crippen LogP contribution >= 0.6 is 11.3 Å². The molecule has 2 aromatic carbocycles. The Hall–Kier alpha value is -4.30. The Morgan fingerprint density at radius 1 is 1.21 bits per heavy atom. The Morgan fingerprint density at radius 2 is 1.92 bits per heavy atom. The Kier molecular flexibility index (Phi) is 7.30. The number of alkyl halides is 3. The molecule has 3 aromatic rings. The van der Waals surface area contributed by atoms with Gasteiger partial charge in [0.2, 0.25) is 11.2 Å². The van der Waals surface area contributed by atoms with Gasteiger partial charge in [0.15, 0.2) is 0 Å². The van der Waals surface area contributed by atoms with Gasteiger partial charge in [-0.25, -0.2) is 9.98 Å². The first-order valence-corrected chi connectivity index (χ1v) is 12.5. The smallest absolute Gasteiger partial charge is 0.443 e. The Bertz CT molecular complexity index is 1450. The molecule has 202 valence electrons. The summed E-state index contributed by atoms with van der Waals surface area (Å²) < 4.78 is 50.2. The first-order chi connectivity index (χ1) is 18.7. The van der Waals surface area contributed by atoms with E-state index in [0.717, 1.165) is 0 Å². The van der Waals surface area contributed by atoms with E-state index in [-0.39, 0.29) is 10.9 Å². The lowest BCUT2D eigenvalue weighted by molar-refractivity contribution is -0.137. The van der Waals surface area contributed by atoms with Crippen LogP contribution in [0.5, 0.6) is 0 Å². The molecule has 1 aromatic heterocycles. The molecule has 39 heavy (non-hydrogen) atoms. The van der Waals surface area contributed by atoms with Crippen LogP contribution in [-0.2, 0) is 20.4 Å². The lowest BCUT2D eigenvalue weighted by Gasteiger charge is -2.26. The van der Waals surface area contributed by atoms with E-state index < -0.39 is 40.9 Å². The average Bonchev–Trinajstić information content (AvgIpc) is 3.26. The summed E-state index contributed by atoms with van der Waals surface area (Å²) in [6, 6.07) is 15.4. The lowest BCUT2D eigenvalue weighted by atomic mass is 10.0. The first kappa shape index (κ1) is 26.3. The number of benzodiazepines with no additional fused rings is 1. The molecule has 0 bridgehead atoms. The van der Waals surface area contributed by atoms with Gasteiger partial charge in [-0.05, 0) is 6.07 Å². The molecule has 4 N–H and O–H groups in total. The zero-order valence-electron chi connectivity index (χ0n) is 20.1. The third-order valence-electron chi connectivity index (χ3n) is 5.75. The molecule has 1 fully saturated rings. The van der Waals surface area contributed by atoms with Gasteiger partial charge in [-0.1, -0.05) is 59.9 Å².